The molecule has 172 valence electrons. The Hall–Kier alpha value is 0.423. The predicted octanol–water partition coefficient (Wildman–Crippen LogP) is 2.57. The van der Waals surface area contributed by atoms with Crippen LogP contribution in [0.1, 0.15) is 106 Å². The van der Waals surface area contributed by atoms with E-state index in [1.165, 1.54) is 75.4 Å². The molecule has 2 atom stereocenters. The fourth-order valence-electron chi connectivity index (χ4n) is 5.98. The van der Waals surface area contributed by atoms with Gasteiger partial charge in [-0.1, -0.05) is 90.9 Å². The summed E-state index contributed by atoms with van der Waals surface area (Å²) in [4.78, 5) is 0. The number of hydrogen-bond acceptors (Lipinski definition) is 0. The number of allylic oxidation sites excluding steroid dienone is 8. The molecule has 0 aromatic rings. The number of rotatable bonds is 2. The van der Waals surface area contributed by atoms with Gasteiger partial charge in [0.15, 0.2) is 0 Å². The first-order chi connectivity index (χ1) is 13.1. The first-order valence-electron chi connectivity index (χ1n) is 11.7. The molecule has 2 unspecified atom stereocenters. The molecule has 0 saturated heterocycles. The molecule has 3 heteroatoms. The van der Waals surface area contributed by atoms with Gasteiger partial charge in [-0.25, -0.2) is 23.3 Å². The van der Waals surface area contributed by atoms with Gasteiger partial charge in [-0.15, -0.1) is 0 Å². The van der Waals surface area contributed by atoms with Crippen LogP contribution in [0.25, 0.3) is 0 Å². The van der Waals surface area contributed by atoms with E-state index >= 15 is 0 Å². The van der Waals surface area contributed by atoms with Gasteiger partial charge in [0.2, 0.25) is 0 Å². The zero-order valence-electron chi connectivity index (χ0n) is 20.6. The summed E-state index contributed by atoms with van der Waals surface area (Å²) >= 11 is 0. The molecule has 2 saturated carbocycles. The van der Waals surface area contributed by atoms with Crippen LogP contribution >= 0.6 is 0 Å². The summed E-state index contributed by atoms with van der Waals surface area (Å²) in [6, 6.07) is 0. The summed E-state index contributed by atoms with van der Waals surface area (Å²) in [6.07, 6.45) is 30.4. The molecule has 0 aromatic heterocycles. The molecule has 4 rings (SSSR count). The SMILES string of the molecule is CC1=[C-]C(C)(C2(C)CCCCC2)C=C1.CC1=[C-]C(C)(C2(C)CCCCC2)C=C1.[Cl-].[Cl-].[Zr+4]. The van der Waals surface area contributed by atoms with Gasteiger partial charge in [0.1, 0.15) is 0 Å². The van der Waals surface area contributed by atoms with Gasteiger partial charge in [0, 0.05) is 0 Å². The first kappa shape index (κ1) is 31.4. The third-order valence-electron chi connectivity index (χ3n) is 8.67. The molecule has 0 N–H and O–H groups in total. The second kappa shape index (κ2) is 12.2. The molecule has 0 aromatic carbocycles. The Balaban J connectivity index is 0.000000529. The third kappa shape index (κ3) is 6.73. The van der Waals surface area contributed by atoms with Gasteiger partial charge in [-0.05, 0) is 36.5 Å². The maximum atomic E-state index is 3.65. The van der Waals surface area contributed by atoms with Crippen LogP contribution in [-0.2, 0) is 26.2 Å². The van der Waals surface area contributed by atoms with E-state index in [0.29, 0.717) is 10.8 Å². The Morgan fingerprint density at radius 2 is 0.871 bits per heavy atom. The minimum atomic E-state index is 0. The number of hydrogen-bond donors (Lipinski definition) is 0. The molecule has 2 fully saturated rings. The zero-order valence-corrected chi connectivity index (χ0v) is 24.6. The fourth-order valence-corrected chi connectivity index (χ4v) is 5.98. The smallest absolute Gasteiger partial charge is 1.00 e. The Bertz CT molecular complexity index is 630. The van der Waals surface area contributed by atoms with E-state index in [4.69, 9.17) is 0 Å². The number of halogens is 2. The van der Waals surface area contributed by atoms with E-state index in [-0.39, 0.29) is 61.8 Å². The molecule has 0 nitrogen and oxygen atoms in total. The van der Waals surface area contributed by atoms with Gasteiger partial charge >= 0.3 is 26.2 Å². The Morgan fingerprint density at radius 1 is 0.581 bits per heavy atom. The second-order valence-corrected chi connectivity index (χ2v) is 10.9. The standard InChI is InChI=1S/2C14H21.2ClH.Zr/c2*1-12-7-10-14(3,11-12)13(2)8-5-4-6-9-13;;;/h2*7,10H,4-6,8-9H2,1-3H3;2*1H;/q2*-1;;;+4/p-2. The molecule has 4 aliphatic rings. The molecular formula is C28H42Cl2Zr. The largest absolute Gasteiger partial charge is 4.00 e. The summed E-state index contributed by atoms with van der Waals surface area (Å²) in [5.41, 5.74) is 3.96. The van der Waals surface area contributed by atoms with Gasteiger partial charge in [0.25, 0.3) is 0 Å². The average molecular weight is 541 g/mol. The van der Waals surface area contributed by atoms with Crippen molar-refractivity contribution in [2.24, 2.45) is 21.7 Å². The van der Waals surface area contributed by atoms with Crippen molar-refractivity contribution in [3.05, 3.63) is 47.6 Å². The summed E-state index contributed by atoms with van der Waals surface area (Å²) < 4.78 is 0. The third-order valence-corrected chi connectivity index (χ3v) is 8.67. The first-order valence-corrected chi connectivity index (χ1v) is 11.7. The molecule has 0 aliphatic heterocycles. The van der Waals surface area contributed by atoms with Crippen LogP contribution in [-0.4, -0.2) is 0 Å². The second-order valence-electron chi connectivity index (χ2n) is 10.9. The van der Waals surface area contributed by atoms with Crippen LogP contribution < -0.4 is 24.8 Å². The fraction of sp³-hybridized carbons (Fsp3) is 0.714. The summed E-state index contributed by atoms with van der Waals surface area (Å²) in [5.74, 6) is 0. The monoisotopic (exact) mass is 538 g/mol. The molecule has 0 heterocycles. The van der Waals surface area contributed by atoms with Crippen molar-refractivity contribution < 1.29 is 51.0 Å². The van der Waals surface area contributed by atoms with E-state index in [2.05, 4.69) is 78.0 Å². The Morgan fingerprint density at radius 3 is 1.10 bits per heavy atom. The van der Waals surface area contributed by atoms with Crippen molar-refractivity contribution in [3.63, 3.8) is 0 Å². The normalized spacial score (nSPS) is 32.3. The van der Waals surface area contributed by atoms with Crippen LogP contribution in [0.4, 0.5) is 0 Å². The van der Waals surface area contributed by atoms with E-state index in [1.54, 1.807) is 0 Å². The van der Waals surface area contributed by atoms with Crippen LogP contribution in [0, 0.1) is 33.8 Å². The van der Waals surface area contributed by atoms with Crippen LogP contribution in [0.3, 0.4) is 0 Å². The van der Waals surface area contributed by atoms with Crippen molar-refractivity contribution >= 4 is 0 Å². The maximum Gasteiger partial charge on any atom is 4.00 e. The van der Waals surface area contributed by atoms with Crippen LogP contribution in [0.5, 0.6) is 0 Å². The molecule has 0 amide bonds. The Labute approximate surface area is 224 Å². The van der Waals surface area contributed by atoms with Crippen molar-refractivity contribution in [3.8, 4) is 0 Å². The Kier molecular flexibility index (Phi) is 12.4. The van der Waals surface area contributed by atoms with Crippen molar-refractivity contribution in [2.45, 2.75) is 106 Å². The average Bonchev–Trinajstić information content (AvgIpc) is 3.20. The van der Waals surface area contributed by atoms with E-state index in [0.717, 1.165) is 0 Å². The van der Waals surface area contributed by atoms with Gasteiger partial charge in [-0.2, -0.15) is 12.2 Å². The van der Waals surface area contributed by atoms with E-state index in [1.807, 2.05) is 0 Å². The van der Waals surface area contributed by atoms with Crippen molar-refractivity contribution in [2.75, 3.05) is 0 Å². The van der Waals surface area contributed by atoms with Crippen LogP contribution in [0.2, 0.25) is 0 Å². The molecular weight excluding hydrogens is 498 g/mol. The van der Waals surface area contributed by atoms with E-state index < -0.39 is 0 Å². The molecule has 0 spiro atoms. The topological polar surface area (TPSA) is 0 Å². The van der Waals surface area contributed by atoms with Crippen LogP contribution in [0.15, 0.2) is 35.5 Å². The minimum Gasteiger partial charge on any atom is -1.00 e. The van der Waals surface area contributed by atoms with Gasteiger partial charge < -0.3 is 24.8 Å². The summed E-state index contributed by atoms with van der Waals surface area (Å²) in [5, 5.41) is 0. The zero-order chi connectivity index (χ0) is 20.5. The molecule has 0 radical (unpaired) electrons. The molecule has 31 heavy (non-hydrogen) atoms. The van der Waals surface area contributed by atoms with Gasteiger partial charge in [0.05, 0.1) is 0 Å². The molecule has 4 aliphatic carbocycles. The van der Waals surface area contributed by atoms with Crippen molar-refractivity contribution in [1.29, 1.82) is 0 Å². The summed E-state index contributed by atoms with van der Waals surface area (Å²) in [6.45, 7) is 13.9. The summed E-state index contributed by atoms with van der Waals surface area (Å²) in [7, 11) is 0. The molecule has 0 bridgehead atoms. The predicted molar refractivity (Wildman–Crippen MR) is 122 cm³/mol. The minimum absolute atomic E-state index is 0. The van der Waals surface area contributed by atoms with Gasteiger partial charge in [-0.3, -0.25) is 12.2 Å². The maximum absolute atomic E-state index is 3.65. The quantitative estimate of drug-likeness (QED) is 0.473. The van der Waals surface area contributed by atoms with Crippen molar-refractivity contribution in [1.82, 2.24) is 0 Å². The van der Waals surface area contributed by atoms with E-state index in [9.17, 15) is 0 Å².